The summed E-state index contributed by atoms with van der Waals surface area (Å²) in [5.41, 5.74) is 1.07. The van der Waals surface area contributed by atoms with E-state index in [1.54, 1.807) is 18.3 Å². The highest BCUT2D eigenvalue weighted by Gasteiger charge is 2.29. The van der Waals surface area contributed by atoms with Gasteiger partial charge in [-0.3, -0.25) is 4.79 Å². The van der Waals surface area contributed by atoms with Gasteiger partial charge in [-0.25, -0.2) is 4.98 Å². The minimum atomic E-state index is 0.0226. The minimum absolute atomic E-state index is 0.0226. The molecule has 0 spiro atoms. The Morgan fingerprint density at radius 3 is 2.89 bits per heavy atom. The van der Waals surface area contributed by atoms with E-state index < -0.39 is 0 Å². The lowest BCUT2D eigenvalue weighted by atomic mass is 9.96. The predicted molar refractivity (Wildman–Crippen MR) is 72.2 cm³/mol. The van der Waals surface area contributed by atoms with Crippen LogP contribution in [-0.4, -0.2) is 20.9 Å². The van der Waals surface area contributed by atoms with Crippen LogP contribution in [0.2, 0.25) is 10.0 Å². The molecule has 2 heterocycles. The standard InChI is InChI=1S/C13H10Cl2N2O2/c14-9-1-2-10(19)12(13(9)15)7-3-11-16-8(6-18)5-17(11)4-7/h1-2,5-7,19H,3-4H2. The number of fused-ring (bicyclic) bond motifs is 1. The second-order valence-electron chi connectivity index (χ2n) is 4.55. The zero-order chi connectivity index (χ0) is 13.6. The average Bonchev–Trinajstić information content (AvgIpc) is 2.92. The maximum absolute atomic E-state index is 10.7. The number of rotatable bonds is 2. The quantitative estimate of drug-likeness (QED) is 0.867. The zero-order valence-corrected chi connectivity index (χ0v) is 11.3. The van der Waals surface area contributed by atoms with E-state index in [4.69, 9.17) is 23.2 Å². The second-order valence-corrected chi connectivity index (χ2v) is 5.33. The number of hydrogen-bond acceptors (Lipinski definition) is 3. The van der Waals surface area contributed by atoms with Crippen LogP contribution in [-0.2, 0) is 13.0 Å². The van der Waals surface area contributed by atoms with Crippen molar-refractivity contribution in [3.05, 3.63) is 45.5 Å². The first-order valence-corrected chi connectivity index (χ1v) is 6.54. The number of aromatic nitrogens is 2. The van der Waals surface area contributed by atoms with Gasteiger partial charge >= 0.3 is 0 Å². The highest BCUT2D eigenvalue weighted by molar-refractivity contribution is 6.42. The van der Waals surface area contributed by atoms with Crippen LogP contribution in [0.3, 0.4) is 0 Å². The molecule has 0 amide bonds. The number of carbonyl (C=O) groups is 1. The van der Waals surface area contributed by atoms with Crippen LogP contribution in [0.15, 0.2) is 18.3 Å². The van der Waals surface area contributed by atoms with Gasteiger partial charge in [0.05, 0.1) is 10.0 Å². The van der Waals surface area contributed by atoms with E-state index in [2.05, 4.69) is 4.98 Å². The topological polar surface area (TPSA) is 55.1 Å². The van der Waals surface area contributed by atoms with Crippen molar-refractivity contribution < 1.29 is 9.90 Å². The van der Waals surface area contributed by atoms with Crippen LogP contribution in [0.5, 0.6) is 5.75 Å². The Balaban J connectivity index is 1.97. The fourth-order valence-electron chi connectivity index (χ4n) is 2.51. The first-order valence-electron chi connectivity index (χ1n) is 5.78. The summed E-state index contributed by atoms with van der Waals surface area (Å²) in [6.45, 7) is 0.629. The molecule has 0 bridgehead atoms. The van der Waals surface area contributed by atoms with Crippen molar-refractivity contribution in [3.63, 3.8) is 0 Å². The number of aromatic hydroxyl groups is 1. The van der Waals surface area contributed by atoms with E-state index in [1.165, 1.54) is 0 Å². The molecule has 0 saturated heterocycles. The zero-order valence-electron chi connectivity index (χ0n) is 9.81. The van der Waals surface area contributed by atoms with Crippen LogP contribution in [0.1, 0.15) is 27.8 Å². The molecule has 0 aliphatic carbocycles. The Kier molecular flexibility index (Phi) is 2.99. The van der Waals surface area contributed by atoms with Gasteiger partial charge in [-0.15, -0.1) is 0 Å². The predicted octanol–water partition coefficient (Wildman–Crippen LogP) is 3.05. The number of phenols is 1. The number of aldehydes is 1. The summed E-state index contributed by atoms with van der Waals surface area (Å²) in [6.07, 6.45) is 3.06. The molecular formula is C13H10Cl2N2O2. The summed E-state index contributed by atoms with van der Waals surface area (Å²) < 4.78 is 1.91. The summed E-state index contributed by atoms with van der Waals surface area (Å²) in [4.78, 5) is 14.9. The molecular weight excluding hydrogens is 287 g/mol. The summed E-state index contributed by atoms with van der Waals surface area (Å²) in [5, 5.41) is 10.8. The Morgan fingerprint density at radius 1 is 1.42 bits per heavy atom. The molecule has 6 heteroatoms. The van der Waals surface area contributed by atoms with Crippen molar-refractivity contribution in [2.45, 2.75) is 18.9 Å². The van der Waals surface area contributed by atoms with Crippen LogP contribution < -0.4 is 0 Å². The van der Waals surface area contributed by atoms with E-state index in [9.17, 15) is 9.90 Å². The maximum Gasteiger partial charge on any atom is 0.170 e. The van der Waals surface area contributed by atoms with Crippen LogP contribution in [0, 0.1) is 0 Å². The lowest BCUT2D eigenvalue weighted by Crippen LogP contribution is -2.03. The molecule has 4 nitrogen and oxygen atoms in total. The van der Waals surface area contributed by atoms with Crippen molar-refractivity contribution in [3.8, 4) is 5.75 Å². The number of hydrogen-bond donors (Lipinski definition) is 1. The minimum Gasteiger partial charge on any atom is -0.508 e. The van der Waals surface area contributed by atoms with Gasteiger partial charge in [-0.1, -0.05) is 23.2 Å². The summed E-state index contributed by atoms with van der Waals surface area (Å²) in [6, 6.07) is 3.11. The number of imidazole rings is 1. The van der Waals surface area contributed by atoms with Gasteiger partial charge in [0.1, 0.15) is 17.3 Å². The summed E-state index contributed by atoms with van der Waals surface area (Å²) in [5.74, 6) is 0.984. The first kappa shape index (κ1) is 12.5. The molecule has 1 aliphatic heterocycles. The van der Waals surface area contributed by atoms with Gasteiger partial charge < -0.3 is 9.67 Å². The van der Waals surface area contributed by atoms with E-state index in [-0.39, 0.29) is 11.7 Å². The highest BCUT2D eigenvalue weighted by atomic mass is 35.5. The molecule has 2 aromatic rings. The molecule has 1 aromatic carbocycles. The fraction of sp³-hybridized carbons (Fsp3) is 0.231. The second kappa shape index (κ2) is 4.54. The molecule has 98 valence electrons. The Morgan fingerprint density at radius 2 is 2.21 bits per heavy atom. The molecule has 1 N–H and O–H groups in total. The number of benzene rings is 1. The Labute approximate surface area is 119 Å². The third-order valence-corrected chi connectivity index (χ3v) is 4.18. The lowest BCUT2D eigenvalue weighted by Gasteiger charge is -2.14. The van der Waals surface area contributed by atoms with Crippen molar-refractivity contribution in [2.24, 2.45) is 0 Å². The average molecular weight is 297 g/mol. The molecule has 0 radical (unpaired) electrons. The third-order valence-electron chi connectivity index (χ3n) is 3.36. The van der Waals surface area contributed by atoms with E-state index >= 15 is 0 Å². The molecule has 1 atom stereocenters. The molecule has 1 unspecified atom stereocenters. The van der Waals surface area contributed by atoms with E-state index in [0.29, 0.717) is 34.3 Å². The number of carbonyl (C=O) groups excluding carboxylic acids is 1. The van der Waals surface area contributed by atoms with Crippen molar-refractivity contribution >= 4 is 29.5 Å². The molecule has 0 saturated carbocycles. The molecule has 1 aromatic heterocycles. The van der Waals surface area contributed by atoms with E-state index in [0.717, 1.165) is 12.1 Å². The van der Waals surface area contributed by atoms with Gasteiger partial charge in [0.2, 0.25) is 0 Å². The van der Waals surface area contributed by atoms with Crippen molar-refractivity contribution in [1.29, 1.82) is 0 Å². The molecule has 3 rings (SSSR count). The summed E-state index contributed by atoms with van der Waals surface area (Å²) >= 11 is 12.2. The van der Waals surface area contributed by atoms with Crippen LogP contribution >= 0.6 is 23.2 Å². The van der Waals surface area contributed by atoms with Gasteiger partial charge in [-0.2, -0.15) is 0 Å². The molecule has 1 aliphatic rings. The normalized spacial score (nSPS) is 17.5. The Bertz CT molecular complexity index is 643. The van der Waals surface area contributed by atoms with Crippen molar-refractivity contribution in [1.82, 2.24) is 9.55 Å². The Hall–Kier alpha value is -1.52. The third kappa shape index (κ3) is 2.01. The highest BCUT2D eigenvalue weighted by Crippen LogP contribution is 2.41. The van der Waals surface area contributed by atoms with Gasteiger partial charge in [0.25, 0.3) is 0 Å². The fourth-order valence-corrected chi connectivity index (χ4v) is 2.99. The largest absolute Gasteiger partial charge is 0.508 e. The number of halogens is 2. The maximum atomic E-state index is 10.7. The van der Waals surface area contributed by atoms with Crippen LogP contribution in [0.25, 0.3) is 0 Å². The number of nitrogens with zero attached hydrogens (tertiary/aromatic N) is 2. The first-order chi connectivity index (χ1) is 9.10. The molecule has 19 heavy (non-hydrogen) atoms. The monoisotopic (exact) mass is 296 g/mol. The van der Waals surface area contributed by atoms with Crippen LogP contribution in [0.4, 0.5) is 0 Å². The lowest BCUT2D eigenvalue weighted by molar-refractivity contribution is 0.111. The van der Waals surface area contributed by atoms with Gasteiger partial charge in [0.15, 0.2) is 6.29 Å². The molecule has 0 fully saturated rings. The van der Waals surface area contributed by atoms with Gasteiger partial charge in [-0.05, 0) is 12.1 Å². The van der Waals surface area contributed by atoms with E-state index in [1.807, 2.05) is 4.57 Å². The number of phenolic OH excluding ortho intramolecular Hbond substituents is 1. The smallest absolute Gasteiger partial charge is 0.170 e. The van der Waals surface area contributed by atoms with Gasteiger partial charge in [0, 0.05) is 30.6 Å². The summed E-state index contributed by atoms with van der Waals surface area (Å²) in [7, 11) is 0. The van der Waals surface area contributed by atoms with Crippen molar-refractivity contribution in [2.75, 3.05) is 0 Å². The SMILES string of the molecule is O=Cc1cn2c(n1)CC(c1c(O)ccc(Cl)c1Cl)C2.